The number of rotatable bonds is 3. The third-order valence-electron chi connectivity index (χ3n) is 4.41. The predicted octanol–water partition coefficient (Wildman–Crippen LogP) is 2.07. The van der Waals surface area contributed by atoms with Crippen molar-refractivity contribution in [2.24, 2.45) is 7.05 Å². The molecule has 0 amide bonds. The molecule has 1 fully saturated rings. The Kier molecular flexibility index (Phi) is 3.78. The normalized spacial score (nSPS) is 15.8. The predicted molar refractivity (Wildman–Crippen MR) is 93.5 cm³/mol. The van der Waals surface area contributed by atoms with Crippen molar-refractivity contribution >= 4 is 28.5 Å². The van der Waals surface area contributed by atoms with Crippen LogP contribution >= 0.6 is 0 Å². The summed E-state index contributed by atoms with van der Waals surface area (Å²) in [5, 5.41) is 18.2. The van der Waals surface area contributed by atoms with Gasteiger partial charge in [-0.25, -0.2) is 4.98 Å². The Labute approximate surface area is 140 Å². The van der Waals surface area contributed by atoms with Gasteiger partial charge in [-0.3, -0.25) is 4.68 Å². The van der Waals surface area contributed by atoms with E-state index in [1.165, 1.54) is 0 Å². The number of benzene rings is 1. The summed E-state index contributed by atoms with van der Waals surface area (Å²) in [5.74, 6) is 2.34. The Balaban J connectivity index is 1.75. The van der Waals surface area contributed by atoms with Gasteiger partial charge in [0, 0.05) is 31.6 Å². The van der Waals surface area contributed by atoms with Gasteiger partial charge in [0.25, 0.3) is 0 Å². The highest BCUT2D eigenvalue weighted by Crippen LogP contribution is 2.27. The quantitative estimate of drug-likeness (QED) is 0.768. The van der Waals surface area contributed by atoms with Gasteiger partial charge >= 0.3 is 0 Å². The van der Waals surface area contributed by atoms with E-state index in [1.54, 1.807) is 10.9 Å². The highest BCUT2D eigenvalue weighted by molar-refractivity contribution is 5.91. The Morgan fingerprint density at radius 3 is 2.67 bits per heavy atom. The van der Waals surface area contributed by atoms with Crippen molar-refractivity contribution in [2.45, 2.75) is 18.9 Å². The maximum atomic E-state index is 9.71. The highest BCUT2D eigenvalue weighted by Gasteiger charge is 2.20. The molecule has 2 N–H and O–H groups in total. The number of piperidine rings is 1. The zero-order valence-corrected chi connectivity index (χ0v) is 13.6. The molecule has 1 saturated heterocycles. The number of nitrogens with one attached hydrogen (secondary N) is 1. The van der Waals surface area contributed by atoms with Crippen molar-refractivity contribution in [3.05, 3.63) is 36.5 Å². The van der Waals surface area contributed by atoms with Crippen molar-refractivity contribution < 1.29 is 5.11 Å². The highest BCUT2D eigenvalue weighted by atomic mass is 16.3. The SMILES string of the molecule is Cn1nccc1Nc1nc(N2CCC(O)CC2)nc2ccccc12. The maximum Gasteiger partial charge on any atom is 0.227 e. The molecule has 3 aromatic rings. The number of hydrogen-bond donors (Lipinski definition) is 2. The van der Waals surface area contributed by atoms with Gasteiger partial charge in [0.2, 0.25) is 5.95 Å². The molecule has 1 aliphatic heterocycles. The van der Waals surface area contributed by atoms with E-state index in [1.807, 2.05) is 37.4 Å². The van der Waals surface area contributed by atoms with Crippen molar-refractivity contribution in [2.75, 3.05) is 23.3 Å². The number of para-hydroxylation sites is 1. The number of aliphatic hydroxyl groups excluding tert-OH is 1. The van der Waals surface area contributed by atoms with Gasteiger partial charge in [-0.15, -0.1) is 0 Å². The van der Waals surface area contributed by atoms with Crippen molar-refractivity contribution in [1.82, 2.24) is 19.7 Å². The first-order valence-electron chi connectivity index (χ1n) is 8.15. The van der Waals surface area contributed by atoms with Crippen LogP contribution in [0.5, 0.6) is 0 Å². The van der Waals surface area contributed by atoms with Crippen LogP contribution in [0.15, 0.2) is 36.5 Å². The van der Waals surface area contributed by atoms with Crippen LogP contribution in [0.3, 0.4) is 0 Å². The summed E-state index contributed by atoms with van der Waals surface area (Å²) in [6.07, 6.45) is 3.04. The number of anilines is 3. The molecule has 0 spiro atoms. The minimum Gasteiger partial charge on any atom is -0.393 e. The summed E-state index contributed by atoms with van der Waals surface area (Å²) in [6, 6.07) is 9.88. The molecule has 0 radical (unpaired) electrons. The molecule has 24 heavy (non-hydrogen) atoms. The molecule has 1 aromatic carbocycles. The molecular formula is C17H20N6O. The molecule has 7 heteroatoms. The Morgan fingerprint density at radius 2 is 1.92 bits per heavy atom. The molecule has 124 valence electrons. The van der Waals surface area contributed by atoms with Crippen LogP contribution in [-0.2, 0) is 7.05 Å². The third kappa shape index (κ3) is 2.78. The number of nitrogens with zero attached hydrogens (tertiary/aromatic N) is 5. The van der Waals surface area contributed by atoms with Gasteiger partial charge in [-0.1, -0.05) is 12.1 Å². The van der Waals surface area contributed by atoms with Gasteiger partial charge in [-0.05, 0) is 25.0 Å². The zero-order valence-electron chi connectivity index (χ0n) is 13.6. The summed E-state index contributed by atoms with van der Waals surface area (Å²) < 4.78 is 1.77. The Bertz CT molecular complexity index is 853. The lowest BCUT2D eigenvalue weighted by atomic mass is 10.1. The molecule has 0 bridgehead atoms. The summed E-state index contributed by atoms with van der Waals surface area (Å²) in [4.78, 5) is 11.6. The average molecular weight is 324 g/mol. The van der Waals surface area contributed by atoms with Crippen LogP contribution in [-0.4, -0.2) is 44.0 Å². The van der Waals surface area contributed by atoms with Gasteiger partial charge in [-0.2, -0.15) is 10.1 Å². The fourth-order valence-corrected chi connectivity index (χ4v) is 2.98. The standard InChI is InChI=1S/C17H20N6O/c1-22-15(6-9-18-22)20-16-13-4-2-3-5-14(13)19-17(21-16)23-10-7-12(24)8-11-23/h2-6,9,12,24H,7-8,10-11H2,1H3,(H,19,20,21). The molecule has 7 nitrogen and oxygen atoms in total. The summed E-state index contributed by atoms with van der Waals surface area (Å²) in [5.41, 5.74) is 0.901. The average Bonchev–Trinajstić information content (AvgIpc) is 3.00. The lowest BCUT2D eigenvalue weighted by molar-refractivity contribution is 0.145. The van der Waals surface area contributed by atoms with E-state index < -0.39 is 0 Å². The van der Waals surface area contributed by atoms with E-state index in [4.69, 9.17) is 9.97 Å². The molecule has 3 heterocycles. The van der Waals surface area contributed by atoms with E-state index in [-0.39, 0.29) is 6.10 Å². The van der Waals surface area contributed by atoms with E-state index in [0.29, 0.717) is 5.95 Å². The second-order valence-corrected chi connectivity index (χ2v) is 6.07. The number of aliphatic hydroxyl groups is 1. The molecule has 0 atom stereocenters. The van der Waals surface area contributed by atoms with E-state index in [0.717, 1.165) is 48.5 Å². The first kappa shape index (κ1) is 14.9. The molecule has 1 aliphatic rings. The molecule has 0 aliphatic carbocycles. The van der Waals surface area contributed by atoms with Crippen LogP contribution in [0, 0.1) is 0 Å². The molecule has 2 aromatic heterocycles. The fourth-order valence-electron chi connectivity index (χ4n) is 2.98. The van der Waals surface area contributed by atoms with Crippen molar-refractivity contribution in [3.63, 3.8) is 0 Å². The first-order chi connectivity index (χ1) is 11.7. The summed E-state index contributed by atoms with van der Waals surface area (Å²) in [7, 11) is 1.89. The molecule has 4 rings (SSSR count). The smallest absolute Gasteiger partial charge is 0.227 e. The number of aryl methyl sites for hydroxylation is 1. The molecular weight excluding hydrogens is 304 g/mol. The van der Waals surface area contributed by atoms with Gasteiger partial charge in [0.15, 0.2) is 0 Å². The lowest BCUT2D eigenvalue weighted by Gasteiger charge is -2.30. The van der Waals surface area contributed by atoms with Gasteiger partial charge in [0.1, 0.15) is 11.6 Å². The van der Waals surface area contributed by atoms with Crippen LogP contribution < -0.4 is 10.2 Å². The largest absolute Gasteiger partial charge is 0.393 e. The Hall–Kier alpha value is -2.67. The third-order valence-corrected chi connectivity index (χ3v) is 4.41. The lowest BCUT2D eigenvalue weighted by Crippen LogP contribution is -2.36. The number of fused-ring (bicyclic) bond motifs is 1. The fraction of sp³-hybridized carbons (Fsp3) is 0.353. The zero-order chi connectivity index (χ0) is 16.5. The minimum absolute atomic E-state index is 0.214. The molecule has 0 unspecified atom stereocenters. The van der Waals surface area contributed by atoms with Crippen molar-refractivity contribution in [3.8, 4) is 0 Å². The minimum atomic E-state index is -0.214. The van der Waals surface area contributed by atoms with Crippen LogP contribution in [0.25, 0.3) is 10.9 Å². The Morgan fingerprint density at radius 1 is 1.12 bits per heavy atom. The van der Waals surface area contributed by atoms with Crippen LogP contribution in [0.4, 0.5) is 17.6 Å². The van der Waals surface area contributed by atoms with Crippen LogP contribution in [0.2, 0.25) is 0 Å². The van der Waals surface area contributed by atoms with Gasteiger partial charge < -0.3 is 15.3 Å². The topological polar surface area (TPSA) is 79.1 Å². The summed E-state index contributed by atoms with van der Waals surface area (Å²) in [6.45, 7) is 1.54. The van der Waals surface area contributed by atoms with Crippen molar-refractivity contribution in [1.29, 1.82) is 0 Å². The second kappa shape index (κ2) is 6.09. The van der Waals surface area contributed by atoms with E-state index >= 15 is 0 Å². The monoisotopic (exact) mass is 324 g/mol. The van der Waals surface area contributed by atoms with Gasteiger partial charge in [0.05, 0.1) is 17.8 Å². The first-order valence-corrected chi connectivity index (χ1v) is 8.15. The van der Waals surface area contributed by atoms with Crippen LogP contribution in [0.1, 0.15) is 12.8 Å². The second-order valence-electron chi connectivity index (χ2n) is 6.07. The molecule has 0 saturated carbocycles. The van der Waals surface area contributed by atoms with E-state index in [2.05, 4.69) is 15.3 Å². The summed E-state index contributed by atoms with van der Waals surface area (Å²) >= 11 is 0. The number of hydrogen-bond acceptors (Lipinski definition) is 6. The number of aromatic nitrogens is 4. The maximum absolute atomic E-state index is 9.71. The van der Waals surface area contributed by atoms with E-state index in [9.17, 15) is 5.11 Å².